The molecular weight excluding hydrogens is 445 g/mol. The predicted octanol–water partition coefficient (Wildman–Crippen LogP) is 4.45. The number of carbonyl (C=O) groups excluding carboxylic acids is 1. The molecule has 3 rings (SSSR count). The number of carbonyl (C=O) groups is 1. The number of ether oxygens (including phenoxy) is 1. The van der Waals surface area contributed by atoms with Gasteiger partial charge in [0.2, 0.25) is 15.9 Å². The fourth-order valence-electron chi connectivity index (χ4n) is 3.39. The Morgan fingerprint density at radius 1 is 1.12 bits per heavy atom. The highest BCUT2D eigenvalue weighted by atomic mass is 32.2. The summed E-state index contributed by atoms with van der Waals surface area (Å²) in [5, 5.41) is 2.33. The lowest BCUT2D eigenvalue weighted by atomic mass is 10.1. The van der Waals surface area contributed by atoms with E-state index in [1.54, 1.807) is 13.0 Å². The summed E-state index contributed by atoms with van der Waals surface area (Å²) in [6, 6.07) is 10.9. The number of amides is 1. The molecule has 0 unspecified atom stereocenters. The number of hydrogen-bond acceptors (Lipinski definition) is 4. The molecule has 10 heteroatoms. The number of rotatable bonds is 7. The summed E-state index contributed by atoms with van der Waals surface area (Å²) in [6.07, 6.45) is -2.81. The quantitative estimate of drug-likeness (QED) is 0.609. The standard InChI is InChI=1S/C22H23F3N2O4S/c1-2-31-19-11-10-17(14-20(19)32(29,30)27-12-6-7-13-27)26-21(28)15-18(22(23,24)25)16-8-4-3-5-9-16/h3-5,8-11,14-15H,2,6-7,12-13H2,1H3,(H,26,28)/b18-15-. The van der Waals surface area contributed by atoms with Crippen LogP contribution in [0, 0.1) is 0 Å². The van der Waals surface area contributed by atoms with E-state index in [-0.39, 0.29) is 28.5 Å². The summed E-state index contributed by atoms with van der Waals surface area (Å²) in [7, 11) is -3.88. The van der Waals surface area contributed by atoms with Crippen molar-refractivity contribution in [1.82, 2.24) is 4.31 Å². The maximum atomic E-state index is 13.5. The number of nitrogens with zero attached hydrogens (tertiary/aromatic N) is 1. The number of anilines is 1. The predicted molar refractivity (Wildman–Crippen MR) is 115 cm³/mol. The van der Waals surface area contributed by atoms with Gasteiger partial charge in [0.1, 0.15) is 10.6 Å². The van der Waals surface area contributed by atoms with Crippen molar-refractivity contribution in [2.24, 2.45) is 0 Å². The van der Waals surface area contributed by atoms with Crippen molar-refractivity contribution in [3.8, 4) is 5.75 Å². The van der Waals surface area contributed by atoms with Gasteiger partial charge in [-0.3, -0.25) is 4.79 Å². The van der Waals surface area contributed by atoms with Crippen molar-refractivity contribution < 1.29 is 31.1 Å². The lowest BCUT2D eigenvalue weighted by molar-refractivity contribution is -0.112. The average molecular weight is 468 g/mol. The first-order valence-corrected chi connectivity index (χ1v) is 11.5. The Labute approximate surface area is 184 Å². The third-order valence-corrected chi connectivity index (χ3v) is 6.78. The number of benzene rings is 2. The molecule has 32 heavy (non-hydrogen) atoms. The fraction of sp³-hybridized carbons (Fsp3) is 0.318. The van der Waals surface area contributed by atoms with Gasteiger partial charge in [-0.25, -0.2) is 8.42 Å². The molecule has 0 radical (unpaired) electrons. The van der Waals surface area contributed by atoms with Gasteiger partial charge in [-0.05, 0) is 43.5 Å². The Morgan fingerprint density at radius 2 is 1.78 bits per heavy atom. The van der Waals surface area contributed by atoms with Crippen molar-refractivity contribution in [3.05, 3.63) is 60.2 Å². The maximum absolute atomic E-state index is 13.5. The van der Waals surface area contributed by atoms with Crippen LogP contribution < -0.4 is 10.1 Å². The molecule has 1 aliphatic rings. The van der Waals surface area contributed by atoms with Crippen LogP contribution in [0.4, 0.5) is 18.9 Å². The van der Waals surface area contributed by atoms with Crippen molar-refractivity contribution in [2.45, 2.75) is 30.8 Å². The Morgan fingerprint density at radius 3 is 2.38 bits per heavy atom. The molecule has 1 saturated heterocycles. The van der Waals surface area contributed by atoms with Crippen LogP contribution in [-0.4, -0.2) is 44.5 Å². The van der Waals surface area contributed by atoms with Crippen LogP contribution in [0.25, 0.3) is 5.57 Å². The highest BCUT2D eigenvalue weighted by molar-refractivity contribution is 7.89. The van der Waals surface area contributed by atoms with Crippen LogP contribution in [0.5, 0.6) is 5.75 Å². The van der Waals surface area contributed by atoms with E-state index in [1.165, 1.54) is 46.8 Å². The first kappa shape index (κ1) is 23.8. The zero-order valence-corrected chi connectivity index (χ0v) is 18.2. The first-order chi connectivity index (χ1) is 15.1. The molecule has 2 aromatic carbocycles. The van der Waals surface area contributed by atoms with Crippen molar-refractivity contribution in [1.29, 1.82) is 0 Å². The van der Waals surface area contributed by atoms with E-state index >= 15 is 0 Å². The van der Waals surface area contributed by atoms with Gasteiger partial charge in [-0.2, -0.15) is 17.5 Å². The van der Waals surface area contributed by atoms with E-state index in [0.29, 0.717) is 19.2 Å². The smallest absolute Gasteiger partial charge is 0.417 e. The van der Waals surface area contributed by atoms with E-state index in [1.807, 2.05) is 0 Å². The topological polar surface area (TPSA) is 75.7 Å². The monoisotopic (exact) mass is 468 g/mol. The molecule has 2 aromatic rings. The van der Waals surface area contributed by atoms with Gasteiger partial charge in [-0.1, -0.05) is 30.3 Å². The van der Waals surface area contributed by atoms with Crippen LogP contribution in [0.1, 0.15) is 25.3 Å². The zero-order valence-electron chi connectivity index (χ0n) is 17.4. The Hall–Kier alpha value is -2.85. The van der Waals surface area contributed by atoms with Gasteiger partial charge >= 0.3 is 6.18 Å². The highest BCUT2D eigenvalue weighted by Gasteiger charge is 2.35. The van der Waals surface area contributed by atoms with E-state index in [0.717, 1.165) is 12.8 Å². The van der Waals surface area contributed by atoms with E-state index in [4.69, 9.17) is 4.74 Å². The van der Waals surface area contributed by atoms with E-state index in [9.17, 15) is 26.4 Å². The minimum atomic E-state index is -4.75. The molecule has 0 aliphatic carbocycles. The minimum absolute atomic E-state index is 0.0436. The van der Waals surface area contributed by atoms with Gasteiger partial charge in [0.15, 0.2) is 0 Å². The van der Waals surface area contributed by atoms with Crippen LogP contribution in [0.2, 0.25) is 0 Å². The van der Waals surface area contributed by atoms with Crippen LogP contribution in [-0.2, 0) is 14.8 Å². The van der Waals surface area contributed by atoms with Gasteiger partial charge in [-0.15, -0.1) is 0 Å². The van der Waals surface area contributed by atoms with Crippen molar-refractivity contribution in [3.63, 3.8) is 0 Å². The lowest BCUT2D eigenvalue weighted by Gasteiger charge is -2.19. The number of alkyl halides is 3. The third kappa shape index (κ3) is 5.49. The summed E-state index contributed by atoms with van der Waals surface area (Å²) in [5.74, 6) is -0.914. The molecule has 1 fully saturated rings. The van der Waals surface area contributed by atoms with Crippen LogP contribution >= 0.6 is 0 Å². The van der Waals surface area contributed by atoms with Gasteiger partial charge < -0.3 is 10.1 Å². The first-order valence-electron chi connectivity index (χ1n) is 10.0. The number of sulfonamides is 1. The second-order valence-corrected chi connectivity index (χ2v) is 9.02. The molecule has 1 N–H and O–H groups in total. The second kappa shape index (κ2) is 9.74. The maximum Gasteiger partial charge on any atom is 0.417 e. The van der Waals surface area contributed by atoms with Crippen molar-refractivity contribution >= 4 is 27.2 Å². The largest absolute Gasteiger partial charge is 0.492 e. The van der Waals surface area contributed by atoms with Gasteiger partial charge in [0.25, 0.3) is 0 Å². The molecule has 172 valence electrons. The minimum Gasteiger partial charge on any atom is -0.492 e. The molecule has 1 amide bonds. The van der Waals surface area contributed by atoms with Gasteiger partial charge in [0, 0.05) is 24.9 Å². The van der Waals surface area contributed by atoms with Crippen LogP contribution in [0.15, 0.2) is 59.5 Å². The number of hydrogen-bond donors (Lipinski definition) is 1. The summed E-state index contributed by atoms with van der Waals surface area (Å²) in [4.78, 5) is 12.3. The Bertz CT molecular complexity index is 1090. The summed E-state index contributed by atoms with van der Waals surface area (Å²) in [6.45, 7) is 2.68. The summed E-state index contributed by atoms with van der Waals surface area (Å²) >= 11 is 0. The summed E-state index contributed by atoms with van der Waals surface area (Å²) < 4.78 is 73.3. The zero-order chi connectivity index (χ0) is 23.4. The number of nitrogens with one attached hydrogen (secondary N) is 1. The highest BCUT2D eigenvalue weighted by Crippen LogP contribution is 2.34. The molecule has 0 bridgehead atoms. The molecule has 1 aliphatic heterocycles. The van der Waals surface area contributed by atoms with Crippen molar-refractivity contribution in [2.75, 3.05) is 25.0 Å². The molecule has 1 heterocycles. The normalized spacial score (nSPS) is 15.6. The molecule has 0 atom stereocenters. The van der Waals surface area contributed by atoms with E-state index in [2.05, 4.69) is 5.32 Å². The number of halogens is 3. The molecule has 0 saturated carbocycles. The average Bonchev–Trinajstić information content (AvgIpc) is 3.29. The SMILES string of the molecule is CCOc1ccc(NC(=O)/C=C(/c2ccccc2)C(F)(F)F)cc1S(=O)(=O)N1CCCC1. The molecule has 0 spiro atoms. The third-order valence-electron chi connectivity index (χ3n) is 4.86. The fourth-order valence-corrected chi connectivity index (χ4v) is 5.06. The summed E-state index contributed by atoms with van der Waals surface area (Å²) in [5.41, 5.74) is -1.22. The van der Waals surface area contributed by atoms with Gasteiger partial charge in [0.05, 0.1) is 12.2 Å². The molecule has 6 nitrogen and oxygen atoms in total. The Balaban J connectivity index is 1.93. The van der Waals surface area contributed by atoms with Crippen LogP contribution in [0.3, 0.4) is 0 Å². The Kier molecular flexibility index (Phi) is 7.25. The van der Waals surface area contributed by atoms with E-state index < -0.39 is 27.7 Å². The molecular formula is C22H23F3N2O4S. The molecule has 0 aromatic heterocycles. The number of allylic oxidation sites excluding steroid dienone is 1. The second-order valence-electron chi connectivity index (χ2n) is 7.12. The lowest BCUT2D eigenvalue weighted by Crippen LogP contribution is -2.28.